The molecular formula is C32H28F4N4O3S. The zero-order chi connectivity index (χ0) is 31.3. The number of nitrogens with one attached hydrogen (secondary N) is 1. The van der Waals surface area contributed by atoms with Crippen LogP contribution < -0.4 is 15.1 Å². The van der Waals surface area contributed by atoms with Gasteiger partial charge in [-0.25, -0.2) is 9.37 Å². The maximum atomic E-state index is 14.4. The standard InChI is InChI=1S/C32H28F4N4O3S/c1-17-5-3-6-23(33)28(17)38-30(42)26-14-19-11-12-39(25-15-20(32(34,35)36)9-10-22(25)29(19)44-26)31(43)24-7-4-8-27(37-24)40-16-21(41)13-18(40)2/h3-10,14-15,18,21,41H,11-13,16H2,1-2H3,(H,38,42)/t18-,21+/m0/s1. The molecule has 0 spiro atoms. The Labute approximate surface area is 254 Å². The fourth-order valence-electron chi connectivity index (χ4n) is 5.77. The highest BCUT2D eigenvalue weighted by Crippen LogP contribution is 2.44. The van der Waals surface area contributed by atoms with E-state index in [9.17, 15) is 32.3 Å². The summed E-state index contributed by atoms with van der Waals surface area (Å²) in [6.45, 7) is 4.01. The number of rotatable bonds is 4. The van der Waals surface area contributed by atoms with Gasteiger partial charge in [-0.15, -0.1) is 11.3 Å². The predicted molar refractivity (Wildman–Crippen MR) is 161 cm³/mol. The summed E-state index contributed by atoms with van der Waals surface area (Å²) in [5.41, 5.74) is 0.859. The van der Waals surface area contributed by atoms with E-state index in [-0.39, 0.29) is 41.0 Å². The molecule has 0 unspecified atom stereocenters. The summed E-state index contributed by atoms with van der Waals surface area (Å²) in [6.07, 6.45) is -4.36. The zero-order valence-electron chi connectivity index (χ0n) is 23.8. The molecule has 1 fully saturated rings. The van der Waals surface area contributed by atoms with Gasteiger partial charge in [-0.2, -0.15) is 13.2 Å². The first kappa shape index (κ1) is 29.8. The Kier molecular flexibility index (Phi) is 7.66. The molecule has 1 saturated heterocycles. The molecule has 0 bridgehead atoms. The molecule has 2 aromatic carbocycles. The van der Waals surface area contributed by atoms with Gasteiger partial charge in [0.05, 0.1) is 27.9 Å². The summed E-state index contributed by atoms with van der Waals surface area (Å²) in [4.78, 5) is 35.6. The summed E-state index contributed by atoms with van der Waals surface area (Å²) in [7, 11) is 0. The number of aryl methyl sites for hydroxylation is 1. The molecule has 2 aliphatic rings. The van der Waals surface area contributed by atoms with E-state index in [1.165, 1.54) is 29.2 Å². The number of β-amino-alcohol motifs (C(OH)–C–C–N with tert-alkyl or cyclic N) is 1. The van der Waals surface area contributed by atoms with Crippen LogP contribution in [-0.2, 0) is 12.6 Å². The number of amides is 2. The van der Waals surface area contributed by atoms with E-state index in [0.717, 1.165) is 23.5 Å². The summed E-state index contributed by atoms with van der Waals surface area (Å²) in [6, 6.07) is 14.2. The number of hydrogen-bond acceptors (Lipinski definition) is 6. The van der Waals surface area contributed by atoms with Crippen molar-refractivity contribution in [1.82, 2.24) is 4.98 Å². The zero-order valence-corrected chi connectivity index (χ0v) is 24.6. The minimum absolute atomic E-state index is 0.000731. The van der Waals surface area contributed by atoms with Crippen LogP contribution in [0.1, 0.15) is 50.2 Å². The molecule has 4 aromatic rings. The predicted octanol–water partition coefficient (Wildman–Crippen LogP) is 6.69. The van der Waals surface area contributed by atoms with Crippen LogP contribution in [0.15, 0.2) is 60.7 Å². The molecule has 2 N–H and O–H groups in total. The molecule has 7 nitrogen and oxygen atoms in total. The van der Waals surface area contributed by atoms with Crippen molar-refractivity contribution >= 4 is 40.3 Å². The molecule has 12 heteroatoms. The fraction of sp³-hybridized carbons (Fsp3) is 0.281. The van der Waals surface area contributed by atoms with Crippen LogP contribution in [0.25, 0.3) is 10.4 Å². The van der Waals surface area contributed by atoms with Crippen molar-refractivity contribution in [2.24, 2.45) is 0 Å². The Morgan fingerprint density at radius 2 is 1.86 bits per heavy atom. The number of nitrogens with zero attached hydrogens (tertiary/aromatic N) is 3. The average Bonchev–Trinajstić information content (AvgIpc) is 3.52. The topological polar surface area (TPSA) is 85.8 Å². The Balaban J connectivity index is 1.37. The Hall–Kier alpha value is -4.29. The van der Waals surface area contributed by atoms with Gasteiger partial charge in [-0.3, -0.25) is 9.59 Å². The SMILES string of the molecule is Cc1cccc(F)c1NC(=O)c1cc2c(s1)-c1ccc(C(F)(F)F)cc1N(C(=O)c1cccc(N3C[C@H](O)C[C@@H]3C)n1)CC2. The lowest BCUT2D eigenvalue weighted by molar-refractivity contribution is -0.137. The van der Waals surface area contributed by atoms with Gasteiger partial charge in [-0.05, 0) is 74.2 Å². The highest BCUT2D eigenvalue weighted by atomic mass is 32.1. The minimum Gasteiger partial charge on any atom is -0.391 e. The van der Waals surface area contributed by atoms with E-state index in [0.29, 0.717) is 40.4 Å². The quantitative estimate of drug-likeness (QED) is 0.247. The number of benzene rings is 2. The van der Waals surface area contributed by atoms with E-state index >= 15 is 0 Å². The lowest BCUT2D eigenvalue weighted by Gasteiger charge is -2.25. The van der Waals surface area contributed by atoms with Crippen molar-refractivity contribution in [2.45, 2.75) is 45.0 Å². The number of hydrogen-bond donors (Lipinski definition) is 2. The normalized spacial score (nSPS) is 18.1. The average molecular weight is 625 g/mol. The maximum Gasteiger partial charge on any atom is 0.416 e. The first-order chi connectivity index (χ1) is 20.9. The van der Waals surface area contributed by atoms with Gasteiger partial charge in [0.1, 0.15) is 17.3 Å². The van der Waals surface area contributed by atoms with Crippen molar-refractivity contribution < 1.29 is 32.3 Å². The van der Waals surface area contributed by atoms with E-state index in [1.807, 2.05) is 11.8 Å². The van der Waals surface area contributed by atoms with E-state index in [2.05, 4.69) is 10.3 Å². The number of para-hydroxylation sites is 1. The second-order valence-corrected chi connectivity index (χ2v) is 12.1. The maximum absolute atomic E-state index is 14.4. The minimum atomic E-state index is -4.65. The summed E-state index contributed by atoms with van der Waals surface area (Å²) in [5.74, 6) is -1.19. The third-order valence-electron chi connectivity index (χ3n) is 8.00. The number of aliphatic hydroxyl groups is 1. The summed E-state index contributed by atoms with van der Waals surface area (Å²) >= 11 is 1.07. The van der Waals surface area contributed by atoms with Crippen molar-refractivity contribution in [2.75, 3.05) is 28.2 Å². The molecule has 0 saturated carbocycles. The van der Waals surface area contributed by atoms with E-state index in [4.69, 9.17) is 0 Å². The molecule has 6 rings (SSSR count). The van der Waals surface area contributed by atoms with Gasteiger partial charge < -0.3 is 20.2 Å². The van der Waals surface area contributed by atoms with Crippen LogP contribution in [-0.4, -0.2) is 47.1 Å². The molecule has 44 heavy (non-hydrogen) atoms. The molecule has 2 aromatic heterocycles. The number of halogens is 4. The number of aromatic nitrogens is 1. The lowest BCUT2D eigenvalue weighted by Crippen LogP contribution is -2.34. The first-order valence-electron chi connectivity index (χ1n) is 14.0. The molecule has 2 amide bonds. The van der Waals surface area contributed by atoms with Crippen molar-refractivity contribution in [3.63, 3.8) is 0 Å². The monoisotopic (exact) mass is 624 g/mol. The molecule has 2 atom stereocenters. The number of carbonyl (C=O) groups is 2. The van der Waals surface area contributed by atoms with Gasteiger partial charge in [0.15, 0.2) is 0 Å². The molecule has 0 radical (unpaired) electrons. The summed E-state index contributed by atoms with van der Waals surface area (Å²) in [5, 5.41) is 12.7. The van der Waals surface area contributed by atoms with Gasteiger partial charge in [0.2, 0.25) is 0 Å². The third kappa shape index (κ3) is 5.55. The van der Waals surface area contributed by atoms with E-state index in [1.54, 1.807) is 31.2 Å². The van der Waals surface area contributed by atoms with Gasteiger partial charge in [-0.1, -0.05) is 24.3 Å². The Morgan fingerprint density at radius 1 is 1.09 bits per heavy atom. The molecular weight excluding hydrogens is 596 g/mol. The second kappa shape index (κ2) is 11.3. The lowest BCUT2D eigenvalue weighted by atomic mass is 10.0. The van der Waals surface area contributed by atoms with Gasteiger partial charge in [0, 0.05) is 29.6 Å². The first-order valence-corrected chi connectivity index (χ1v) is 14.9. The van der Waals surface area contributed by atoms with Crippen LogP contribution in [0.4, 0.5) is 34.8 Å². The summed E-state index contributed by atoms with van der Waals surface area (Å²) < 4.78 is 56.0. The number of thiophene rings is 1. The van der Waals surface area contributed by atoms with Crippen LogP contribution in [0.5, 0.6) is 0 Å². The van der Waals surface area contributed by atoms with Crippen molar-refractivity contribution in [3.8, 4) is 10.4 Å². The number of anilines is 3. The number of carbonyl (C=O) groups excluding carboxylic acids is 2. The highest BCUT2D eigenvalue weighted by Gasteiger charge is 2.35. The van der Waals surface area contributed by atoms with Crippen molar-refractivity contribution in [1.29, 1.82) is 0 Å². The number of pyridine rings is 1. The fourth-order valence-corrected chi connectivity index (χ4v) is 6.91. The Bertz CT molecular complexity index is 1750. The molecule has 4 heterocycles. The number of fused-ring (bicyclic) bond motifs is 3. The third-order valence-corrected chi connectivity index (χ3v) is 9.21. The molecule has 0 aliphatic carbocycles. The second-order valence-electron chi connectivity index (χ2n) is 11.1. The smallest absolute Gasteiger partial charge is 0.391 e. The highest BCUT2D eigenvalue weighted by molar-refractivity contribution is 7.17. The molecule has 2 aliphatic heterocycles. The Morgan fingerprint density at radius 3 is 2.57 bits per heavy atom. The largest absolute Gasteiger partial charge is 0.416 e. The van der Waals surface area contributed by atoms with Crippen LogP contribution in [0, 0.1) is 12.7 Å². The number of aliphatic hydroxyl groups excluding tert-OH is 1. The van der Waals surface area contributed by atoms with Gasteiger partial charge in [0.25, 0.3) is 11.8 Å². The number of alkyl halides is 3. The van der Waals surface area contributed by atoms with Crippen LogP contribution in [0.2, 0.25) is 0 Å². The van der Waals surface area contributed by atoms with E-state index < -0.39 is 35.5 Å². The van der Waals surface area contributed by atoms with Crippen molar-refractivity contribution in [3.05, 3.63) is 93.7 Å². The van der Waals surface area contributed by atoms with Gasteiger partial charge >= 0.3 is 6.18 Å². The molecule has 228 valence electrons. The van der Waals surface area contributed by atoms with Crippen LogP contribution >= 0.6 is 11.3 Å². The van der Waals surface area contributed by atoms with Crippen LogP contribution in [0.3, 0.4) is 0 Å².